The molecule has 0 aliphatic rings. The lowest BCUT2D eigenvalue weighted by Gasteiger charge is -2.09. The maximum Gasteiger partial charge on any atom is 0.336 e. The Balaban J connectivity index is 1.94. The smallest absolute Gasteiger partial charge is 0.336 e. The van der Waals surface area contributed by atoms with Crippen LogP contribution in [0.1, 0.15) is 33.3 Å². The Bertz CT molecular complexity index is 967. The number of ether oxygens (including phenoxy) is 1. The lowest BCUT2D eigenvalue weighted by atomic mass is 10.1. The predicted molar refractivity (Wildman–Crippen MR) is 94.5 cm³/mol. The molecule has 0 radical (unpaired) electrons. The molecule has 0 atom stereocenters. The van der Waals surface area contributed by atoms with Gasteiger partial charge in [0, 0.05) is 17.3 Å². The third kappa shape index (κ3) is 3.78. The van der Waals surface area contributed by atoms with Crippen molar-refractivity contribution in [2.24, 2.45) is 0 Å². The molecule has 0 saturated carbocycles. The number of carbonyl (C=O) groups excluding carboxylic acids is 1. The van der Waals surface area contributed by atoms with Gasteiger partial charge in [-0.15, -0.1) is 0 Å². The normalized spacial score (nSPS) is 10.6. The summed E-state index contributed by atoms with van der Waals surface area (Å²) in [5, 5.41) is 10.5. The quantitative estimate of drug-likeness (QED) is 0.688. The number of hydrogen-bond donors (Lipinski definition) is 1. The number of benzene rings is 2. The molecular formula is C19H14ClNO4. The van der Waals surface area contributed by atoms with Gasteiger partial charge in [-0.05, 0) is 42.0 Å². The summed E-state index contributed by atoms with van der Waals surface area (Å²) in [7, 11) is 0. The summed E-state index contributed by atoms with van der Waals surface area (Å²) < 4.78 is 5.72. The SMILES string of the molecule is CC(=O)c1cc(C(=O)O)c2cc(OCc3ccc(Cl)cc3)ccc2n1. The molecule has 25 heavy (non-hydrogen) atoms. The number of carboxylic acid groups (broad SMARTS) is 1. The number of nitrogens with zero attached hydrogens (tertiary/aromatic N) is 1. The first kappa shape index (κ1) is 16.9. The first-order valence-electron chi connectivity index (χ1n) is 7.50. The average Bonchev–Trinajstić information content (AvgIpc) is 2.59. The standard InChI is InChI=1S/C19H14ClNO4/c1-11(22)18-9-16(19(23)24)15-8-14(6-7-17(15)21-18)25-10-12-2-4-13(20)5-3-12/h2-9H,10H2,1H3,(H,23,24). The Hall–Kier alpha value is -2.92. The molecule has 126 valence electrons. The number of Topliss-reactive ketones (excluding diaryl/α,β-unsaturated/α-hetero) is 1. The number of rotatable bonds is 5. The molecule has 0 bridgehead atoms. The number of fused-ring (bicyclic) bond motifs is 1. The molecule has 1 heterocycles. The topological polar surface area (TPSA) is 76.5 Å². The van der Waals surface area contributed by atoms with Gasteiger partial charge in [0.15, 0.2) is 5.78 Å². The van der Waals surface area contributed by atoms with Crippen molar-refractivity contribution >= 4 is 34.3 Å². The monoisotopic (exact) mass is 355 g/mol. The number of ketones is 1. The van der Waals surface area contributed by atoms with E-state index in [0.717, 1.165) is 5.56 Å². The van der Waals surface area contributed by atoms with Gasteiger partial charge < -0.3 is 9.84 Å². The second kappa shape index (κ2) is 6.91. The Labute approximate surface area is 148 Å². The lowest BCUT2D eigenvalue weighted by molar-refractivity contribution is 0.0699. The number of halogens is 1. The largest absolute Gasteiger partial charge is 0.489 e. The maximum absolute atomic E-state index is 11.5. The van der Waals surface area contributed by atoms with Crippen LogP contribution in [0, 0.1) is 0 Å². The van der Waals surface area contributed by atoms with E-state index in [1.807, 2.05) is 12.1 Å². The summed E-state index contributed by atoms with van der Waals surface area (Å²) in [4.78, 5) is 27.2. The second-order valence-electron chi connectivity index (χ2n) is 5.51. The van der Waals surface area contributed by atoms with Gasteiger partial charge in [-0.25, -0.2) is 9.78 Å². The van der Waals surface area contributed by atoms with Crippen molar-refractivity contribution in [1.29, 1.82) is 0 Å². The Morgan fingerprint density at radius 3 is 2.48 bits per heavy atom. The van der Waals surface area contributed by atoms with Crippen LogP contribution in [0.15, 0.2) is 48.5 Å². The van der Waals surface area contributed by atoms with Crippen molar-refractivity contribution < 1.29 is 19.4 Å². The highest BCUT2D eigenvalue weighted by molar-refractivity contribution is 6.30. The summed E-state index contributed by atoms with van der Waals surface area (Å²) >= 11 is 5.85. The van der Waals surface area contributed by atoms with Gasteiger partial charge in [-0.2, -0.15) is 0 Å². The van der Waals surface area contributed by atoms with Gasteiger partial charge in [0.25, 0.3) is 0 Å². The first-order valence-corrected chi connectivity index (χ1v) is 7.88. The van der Waals surface area contributed by atoms with Crippen LogP contribution in [0.2, 0.25) is 5.02 Å². The van der Waals surface area contributed by atoms with Crippen LogP contribution in [0.4, 0.5) is 0 Å². The highest BCUT2D eigenvalue weighted by Crippen LogP contribution is 2.25. The number of carbonyl (C=O) groups is 2. The van der Waals surface area contributed by atoms with Crippen LogP contribution in [-0.2, 0) is 6.61 Å². The molecule has 3 rings (SSSR count). The maximum atomic E-state index is 11.5. The highest BCUT2D eigenvalue weighted by Gasteiger charge is 2.14. The van der Waals surface area contributed by atoms with Crippen molar-refractivity contribution in [3.8, 4) is 5.75 Å². The van der Waals surface area contributed by atoms with E-state index >= 15 is 0 Å². The van der Waals surface area contributed by atoms with Crippen LogP contribution in [0.25, 0.3) is 10.9 Å². The minimum atomic E-state index is -1.12. The number of aromatic nitrogens is 1. The molecule has 6 heteroatoms. The van der Waals surface area contributed by atoms with E-state index in [1.54, 1.807) is 30.3 Å². The van der Waals surface area contributed by atoms with Gasteiger partial charge in [-0.3, -0.25) is 4.79 Å². The minimum Gasteiger partial charge on any atom is -0.489 e. The molecule has 5 nitrogen and oxygen atoms in total. The van der Waals surface area contributed by atoms with Crippen LogP contribution >= 0.6 is 11.6 Å². The third-order valence-corrected chi connectivity index (χ3v) is 3.94. The van der Waals surface area contributed by atoms with Gasteiger partial charge in [0.1, 0.15) is 18.1 Å². The molecular weight excluding hydrogens is 342 g/mol. The number of hydrogen-bond acceptors (Lipinski definition) is 4. The molecule has 0 aliphatic heterocycles. The number of pyridine rings is 1. The fraction of sp³-hybridized carbons (Fsp3) is 0.105. The van der Waals surface area contributed by atoms with Crippen molar-refractivity contribution in [3.05, 3.63) is 70.4 Å². The number of carboxylic acids is 1. The molecule has 0 unspecified atom stereocenters. The van der Waals surface area contributed by atoms with E-state index in [2.05, 4.69) is 4.98 Å². The molecule has 1 aromatic heterocycles. The van der Waals surface area contributed by atoms with E-state index in [0.29, 0.717) is 28.3 Å². The fourth-order valence-corrected chi connectivity index (χ4v) is 2.53. The van der Waals surface area contributed by atoms with E-state index < -0.39 is 5.97 Å². The zero-order valence-electron chi connectivity index (χ0n) is 13.3. The summed E-state index contributed by atoms with van der Waals surface area (Å²) in [6.45, 7) is 1.67. The number of aromatic carboxylic acids is 1. The van der Waals surface area contributed by atoms with Gasteiger partial charge in [-0.1, -0.05) is 23.7 Å². The Morgan fingerprint density at radius 1 is 1.12 bits per heavy atom. The first-order chi connectivity index (χ1) is 11.9. The lowest BCUT2D eigenvalue weighted by Crippen LogP contribution is -2.05. The van der Waals surface area contributed by atoms with Crippen molar-refractivity contribution in [2.75, 3.05) is 0 Å². The van der Waals surface area contributed by atoms with Crippen molar-refractivity contribution in [2.45, 2.75) is 13.5 Å². The second-order valence-corrected chi connectivity index (χ2v) is 5.95. The van der Waals surface area contributed by atoms with Crippen LogP contribution in [0.3, 0.4) is 0 Å². The predicted octanol–water partition coefficient (Wildman–Crippen LogP) is 4.37. The van der Waals surface area contributed by atoms with E-state index in [9.17, 15) is 14.7 Å². The average molecular weight is 356 g/mol. The molecule has 0 fully saturated rings. The highest BCUT2D eigenvalue weighted by atomic mass is 35.5. The third-order valence-electron chi connectivity index (χ3n) is 3.69. The Morgan fingerprint density at radius 2 is 1.84 bits per heavy atom. The molecule has 0 aliphatic carbocycles. The summed E-state index contributed by atoms with van der Waals surface area (Å²) in [5.41, 5.74) is 1.52. The molecule has 0 amide bonds. The van der Waals surface area contributed by atoms with Crippen LogP contribution in [-0.4, -0.2) is 21.8 Å². The van der Waals surface area contributed by atoms with Crippen molar-refractivity contribution in [1.82, 2.24) is 4.98 Å². The Kier molecular flexibility index (Phi) is 4.67. The zero-order chi connectivity index (χ0) is 18.0. The van der Waals surface area contributed by atoms with E-state index in [1.165, 1.54) is 13.0 Å². The molecule has 0 spiro atoms. The van der Waals surface area contributed by atoms with Crippen molar-refractivity contribution in [3.63, 3.8) is 0 Å². The molecule has 0 saturated heterocycles. The van der Waals surface area contributed by atoms with E-state index in [4.69, 9.17) is 16.3 Å². The van der Waals surface area contributed by atoms with Gasteiger partial charge >= 0.3 is 5.97 Å². The van der Waals surface area contributed by atoms with Crippen LogP contribution in [0.5, 0.6) is 5.75 Å². The van der Waals surface area contributed by atoms with E-state index in [-0.39, 0.29) is 17.0 Å². The fourth-order valence-electron chi connectivity index (χ4n) is 2.40. The molecule has 2 aromatic carbocycles. The minimum absolute atomic E-state index is 0.0205. The van der Waals surface area contributed by atoms with Gasteiger partial charge in [0.05, 0.1) is 11.1 Å². The summed E-state index contributed by atoms with van der Waals surface area (Å²) in [6.07, 6.45) is 0. The van der Waals surface area contributed by atoms with Gasteiger partial charge in [0.2, 0.25) is 0 Å². The molecule has 3 aromatic rings. The van der Waals surface area contributed by atoms with Crippen LogP contribution < -0.4 is 4.74 Å². The molecule has 1 N–H and O–H groups in total. The summed E-state index contributed by atoms with van der Waals surface area (Å²) in [5.74, 6) is -0.889. The zero-order valence-corrected chi connectivity index (χ0v) is 14.1. The summed E-state index contributed by atoms with van der Waals surface area (Å²) in [6, 6.07) is 13.5.